The molecule has 0 N–H and O–H groups in total. The molecule has 3 aromatic carbocycles. The average molecular weight is 469 g/mol. The summed E-state index contributed by atoms with van der Waals surface area (Å²) in [7, 11) is -3.77. The predicted octanol–water partition coefficient (Wildman–Crippen LogP) is 5.46. The molecule has 1 aliphatic heterocycles. The van der Waals surface area contributed by atoms with Gasteiger partial charge in [0.05, 0.1) is 17.5 Å². The van der Waals surface area contributed by atoms with Crippen LogP contribution in [0.1, 0.15) is 36.1 Å². The van der Waals surface area contributed by atoms with E-state index in [2.05, 4.69) is 4.99 Å². The van der Waals surface area contributed by atoms with E-state index in [0.717, 1.165) is 16.7 Å². The number of nitrogens with zero attached hydrogens (tertiary/aromatic N) is 2. The second kappa shape index (κ2) is 9.86. The number of benzene rings is 3. The van der Waals surface area contributed by atoms with Crippen LogP contribution in [-0.4, -0.2) is 31.8 Å². The molecular weight excluding hydrogens is 444 g/mol. The minimum atomic E-state index is -3.77. The lowest BCUT2D eigenvalue weighted by molar-refractivity contribution is 0.310. The highest BCUT2D eigenvalue weighted by atomic mass is 35.5. The summed E-state index contributed by atoms with van der Waals surface area (Å²) in [5, 5.41) is 0.498. The maximum Gasteiger partial charge on any atom is 0.243 e. The first-order valence-corrected chi connectivity index (χ1v) is 12.4. The molecule has 5 nitrogen and oxygen atoms in total. The quantitative estimate of drug-likeness (QED) is 0.441. The van der Waals surface area contributed by atoms with Gasteiger partial charge in [-0.05, 0) is 53.9 Å². The van der Waals surface area contributed by atoms with Crippen LogP contribution in [-0.2, 0) is 21.3 Å². The summed E-state index contributed by atoms with van der Waals surface area (Å²) in [5.41, 5.74) is 2.74. The Balaban J connectivity index is 1.70. The Morgan fingerprint density at radius 2 is 1.69 bits per heavy atom. The Bertz CT molecular complexity index is 1180. The molecule has 0 bridgehead atoms. The van der Waals surface area contributed by atoms with Crippen molar-refractivity contribution in [1.29, 1.82) is 0 Å². The molecule has 1 heterocycles. The van der Waals surface area contributed by atoms with Gasteiger partial charge in [0.2, 0.25) is 15.9 Å². The molecule has 0 radical (unpaired) electrons. The topological polar surface area (TPSA) is 59.0 Å². The predicted molar refractivity (Wildman–Crippen MR) is 127 cm³/mol. The Labute approximate surface area is 194 Å². The second-order valence-corrected chi connectivity index (χ2v) is 9.90. The lowest BCUT2D eigenvalue weighted by atomic mass is 10.0. The van der Waals surface area contributed by atoms with E-state index >= 15 is 0 Å². The number of halogens is 1. The van der Waals surface area contributed by atoms with Gasteiger partial charge >= 0.3 is 0 Å². The van der Waals surface area contributed by atoms with Crippen LogP contribution in [0, 0.1) is 0 Å². The molecule has 166 valence electrons. The summed E-state index contributed by atoms with van der Waals surface area (Å²) < 4.78 is 34.6. The van der Waals surface area contributed by atoms with Crippen molar-refractivity contribution in [2.45, 2.75) is 30.8 Å². The Hall–Kier alpha value is -2.67. The first kappa shape index (κ1) is 22.5. The zero-order chi connectivity index (χ0) is 22.6. The summed E-state index contributed by atoms with van der Waals surface area (Å²) >= 11 is 6.00. The number of sulfonamides is 1. The summed E-state index contributed by atoms with van der Waals surface area (Å²) in [6.07, 6.45) is 0.638. The molecule has 0 saturated heterocycles. The molecule has 3 aromatic rings. The first-order valence-electron chi connectivity index (χ1n) is 10.6. The summed E-state index contributed by atoms with van der Waals surface area (Å²) in [4.78, 5) is 4.56. The van der Waals surface area contributed by atoms with Crippen molar-refractivity contribution in [3.63, 3.8) is 0 Å². The van der Waals surface area contributed by atoms with Crippen LogP contribution < -0.4 is 0 Å². The van der Waals surface area contributed by atoms with Crippen molar-refractivity contribution >= 4 is 27.5 Å². The zero-order valence-electron chi connectivity index (χ0n) is 17.8. The van der Waals surface area contributed by atoms with Crippen molar-refractivity contribution in [1.82, 2.24) is 4.31 Å². The van der Waals surface area contributed by atoms with Crippen molar-refractivity contribution in [3.8, 4) is 0 Å². The van der Waals surface area contributed by atoms with Crippen LogP contribution in [0.15, 0.2) is 88.8 Å². The molecule has 0 fully saturated rings. The van der Waals surface area contributed by atoms with Gasteiger partial charge in [-0.1, -0.05) is 61.0 Å². The zero-order valence-corrected chi connectivity index (χ0v) is 19.4. The van der Waals surface area contributed by atoms with Crippen LogP contribution >= 0.6 is 11.6 Å². The SMILES string of the molecule is CCC(c1ccccc1)N(Cc1ccc(C2=NCCO2)cc1)S(=O)(=O)c1ccc(Cl)cc1. The second-order valence-electron chi connectivity index (χ2n) is 7.57. The molecule has 4 rings (SSSR count). The maximum atomic E-state index is 13.7. The van der Waals surface area contributed by atoms with Crippen LogP contribution in [0.2, 0.25) is 5.02 Å². The maximum absolute atomic E-state index is 13.7. The van der Waals surface area contributed by atoms with E-state index in [0.29, 0.717) is 30.5 Å². The van der Waals surface area contributed by atoms with E-state index < -0.39 is 10.0 Å². The van der Waals surface area contributed by atoms with Gasteiger partial charge < -0.3 is 4.74 Å². The third kappa shape index (κ3) is 4.88. The van der Waals surface area contributed by atoms with Crippen molar-refractivity contribution in [2.24, 2.45) is 4.99 Å². The normalized spacial score (nSPS) is 14.8. The lowest BCUT2D eigenvalue weighted by Crippen LogP contribution is -2.34. The molecule has 0 saturated carbocycles. The highest BCUT2D eigenvalue weighted by Crippen LogP contribution is 2.32. The van der Waals surface area contributed by atoms with Gasteiger partial charge in [0.15, 0.2) is 0 Å². The molecule has 1 aliphatic rings. The fourth-order valence-corrected chi connectivity index (χ4v) is 5.63. The number of aliphatic imine (C=N–C) groups is 1. The van der Waals surface area contributed by atoms with E-state index in [4.69, 9.17) is 16.3 Å². The highest BCUT2D eigenvalue weighted by Gasteiger charge is 2.31. The summed E-state index contributed by atoms with van der Waals surface area (Å²) in [6, 6.07) is 23.5. The largest absolute Gasteiger partial charge is 0.476 e. The molecule has 0 spiro atoms. The van der Waals surface area contributed by atoms with E-state index in [1.807, 2.05) is 61.5 Å². The molecule has 7 heteroatoms. The lowest BCUT2D eigenvalue weighted by Gasteiger charge is -2.31. The minimum absolute atomic E-state index is 0.224. The van der Waals surface area contributed by atoms with Gasteiger partial charge in [-0.15, -0.1) is 0 Å². The van der Waals surface area contributed by atoms with Gasteiger partial charge in [0.25, 0.3) is 0 Å². The van der Waals surface area contributed by atoms with Gasteiger partial charge in [-0.25, -0.2) is 13.4 Å². The van der Waals surface area contributed by atoms with Crippen LogP contribution in [0.5, 0.6) is 0 Å². The van der Waals surface area contributed by atoms with Crippen molar-refractivity contribution in [2.75, 3.05) is 13.2 Å². The number of rotatable bonds is 8. The molecule has 32 heavy (non-hydrogen) atoms. The summed E-state index contributed by atoms with van der Waals surface area (Å²) in [5.74, 6) is 0.637. The van der Waals surface area contributed by atoms with Gasteiger partial charge in [-0.2, -0.15) is 4.31 Å². The number of ether oxygens (including phenoxy) is 1. The Morgan fingerprint density at radius 3 is 2.28 bits per heavy atom. The fraction of sp³-hybridized carbons (Fsp3) is 0.240. The Morgan fingerprint density at radius 1 is 1.00 bits per heavy atom. The van der Waals surface area contributed by atoms with Crippen molar-refractivity contribution < 1.29 is 13.2 Å². The highest BCUT2D eigenvalue weighted by molar-refractivity contribution is 7.89. The smallest absolute Gasteiger partial charge is 0.243 e. The van der Waals surface area contributed by atoms with E-state index in [1.165, 1.54) is 0 Å². The monoisotopic (exact) mass is 468 g/mol. The average Bonchev–Trinajstić information content (AvgIpc) is 3.35. The van der Waals surface area contributed by atoms with E-state index in [1.54, 1.807) is 28.6 Å². The summed E-state index contributed by atoms with van der Waals surface area (Å²) in [6.45, 7) is 3.51. The van der Waals surface area contributed by atoms with Crippen LogP contribution in [0.25, 0.3) is 0 Å². The van der Waals surface area contributed by atoms with Crippen LogP contribution in [0.4, 0.5) is 0 Å². The molecular formula is C25H25ClN2O3S. The first-order chi connectivity index (χ1) is 15.5. The van der Waals surface area contributed by atoms with Gasteiger partial charge in [-0.3, -0.25) is 0 Å². The number of hydrogen-bond donors (Lipinski definition) is 0. The molecule has 0 amide bonds. The molecule has 0 aliphatic carbocycles. The molecule has 1 unspecified atom stereocenters. The van der Waals surface area contributed by atoms with E-state index in [-0.39, 0.29) is 17.5 Å². The standard InChI is InChI=1S/C25H25ClN2O3S/c1-2-24(20-6-4-3-5-7-20)28(32(29,30)23-14-12-22(26)13-15-23)18-19-8-10-21(11-9-19)25-27-16-17-31-25/h3-15,24H,2,16-18H2,1H3. The van der Waals surface area contributed by atoms with Gasteiger partial charge in [0.1, 0.15) is 6.61 Å². The van der Waals surface area contributed by atoms with Gasteiger partial charge in [0, 0.05) is 17.1 Å². The minimum Gasteiger partial charge on any atom is -0.476 e. The fourth-order valence-electron chi connectivity index (χ4n) is 3.83. The number of hydrogen-bond acceptors (Lipinski definition) is 4. The van der Waals surface area contributed by atoms with Crippen LogP contribution in [0.3, 0.4) is 0 Å². The van der Waals surface area contributed by atoms with Crippen molar-refractivity contribution in [3.05, 3.63) is 101 Å². The third-order valence-corrected chi connectivity index (χ3v) is 7.58. The third-order valence-electron chi connectivity index (χ3n) is 5.46. The molecule has 1 atom stereocenters. The van der Waals surface area contributed by atoms with E-state index in [9.17, 15) is 8.42 Å². The Kier molecular flexibility index (Phi) is 6.94. The molecule has 0 aromatic heterocycles.